The van der Waals surface area contributed by atoms with Gasteiger partial charge < -0.3 is 5.11 Å². The minimum absolute atomic E-state index is 0.178. The van der Waals surface area contributed by atoms with Crippen LogP contribution in [0, 0.1) is 5.82 Å². The molecule has 3 rings (SSSR count). The molecule has 0 bridgehead atoms. The molecular formula is C23H29FN4O2. The third kappa shape index (κ3) is 6.37. The Labute approximate surface area is 177 Å². The molecule has 0 radical (unpaired) electrons. The van der Waals surface area contributed by atoms with Crippen molar-refractivity contribution in [1.82, 2.24) is 15.2 Å². The molecule has 0 aliphatic carbocycles. The minimum atomic E-state index is -0.221. The molecule has 0 spiro atoms. The third-order valence-corrected chi connectivity index (χ3v) is 5.21. The highest BCUT2D eigenvalue weighted by molar-refractivity contribution is 5.86. The van der Waals surface area contributed by atoms with E-state index in [1.54, 1.807) is 6.07 Å². The topological polar surface area (TPSA) is 68.2 Å². The molecule has 0 saturated carbocycles. The number of nitrogens with one attached hydrogen (secondary N) is 1. The predicted octanol–water partition coefficient (Wildman–Crippen LogP) is 2.75. The summed E-state index contributed by atoms with van der Waals surface area (Å²) in [4.78, 5) is 16.6. The highest BCUT2D eigenvalue weighted by atomic mass is 19.1. The van der Waals surface area contributed by atoms with E-state index in [-0.39, 0.29) is 24.0 Å². The Balaban J connectivity index is 1.41. The molecule has 1 saturated heterocycles. The fraction of sp³-hybridized carbons (Fsp3) is 0.391. The van der Waals surface area contributed by atoms with E-state index >= 15 is 0 Å². The van der Waals surface area contributed by atoms with Crippen LogP contribution in [0.2, 0.25) is 0 Å². The summed E-state index contributed by atoms with van der Waals surface area (Å²) < 4.78 is 13.0. The van der Waals surface area contributed by atoms with Crippen molar-refractivity contribution in [2.75, 3.05) is 32.7 Å². The third-order valence-electron chi connectivity index (χ3n) is 5.21. The van der Waals surface area contributed by atoms with E-state index in [9.17, 15) is 14.3 Å². The first kappa shape index (κ1) is 21.9. The molecule has 0 unspecified atom stereocenters. The number of phenols is 1. The van der Waals surface area contributed by atoms with Crippen molar-refractivity contribution < 1.29 is 14.3 Å². The van der Waals surface area contributed by atoms with Crippen molar-refractivity contribution in [2.24, 2.45) is 5.10 Å². The lowest BCUT2D eigenvalue weighted by molar-refractivity contribution is -0.122. The average Bonchev–Trinajstić information content (AvgIpc) is 2.74. The number of carbonyl (C=O) groups excluding carboxylic acids is 1. The van der Waals surface area contributed by atoms with Crippen LogP contribution < -0.4 is 5.43 Å². The van der Waals surface area contributed by atoms with Crippen molar-refractivity contribution in [3.05, 3.63) is 65.0 Å². The summed E-state index contributed by atoms with van der Waals surface area (Å²) in [6.45, 7) is 6.41. The molecule has 1 aliphatic heterocycles. The van der Waals surface area contributed by atoms with Crippen LogP contribution in [0.5, 0.6) is 5.75 Å². The Hall–Kier alpha value is -2.77. The average molecular weight is 413 g/mol. The van der Waals surface area contributed by atoms with Crippen LogP contribution >= 0.6 is 0 Å². The number of nitrogens with zero attached hydrogens (tertiary/aromatic N) is 3. The van der Waals surface area contributed by atoms with E-state index < -0.39 is 0 Å². The van der Waals surface area contributed by atoms with Gasteiger partial charge in [-0.25, -0.2) is 9.82 Å². The Bertz CT molecular complexity index is 862. The zero-order valence-corrected chi connectivity index (χ0v) is 17.4. The summed E-state index contributed by atoms with van der Waals surface area (Å²) in [5.74, 6) is -0.182. The van der Waals surface area contributed by atoms with Gasteiger partial charge in [0.15, 0.2) is 0 Å². The number of aryl methyl sites for hydroxylation is 1. The Morgan fingerprint density at radius 1 is 1.13 bits per heavy atom. The summed E-state index contributed by atoms with van der Waals surface area (Å²) in [6, 6.07) is 12.1. The highest BCUT2D eigenvalue weighted by Crippen LogP contribution is 2.22. The van der Waals surface area contributed by atoms with Gasteiger partial charge in [-0.1, -0.05) is 37.6 Å². The number of hydrogen-bond acceptors (Lipinski definition) is 5. The molecule has 0 aromatic heterocycles. The largest absolute Gasteiger partial charge is 0.507 e. The number of benzene rings is 2. The van der Waals surface area contributed by atoms with Crippen molar-refractivity contribution >= 4 is 12.1 Å². The Kier molecular flexibility index (Phi) is 7.93. The van der Waals surface area contributed by atoms with Crippen molar-refractivity contribution in [3.8, 4) is 5.75 Å². The summed E-state index contributed by atoms with van der Waals surface area (Å²) in [7, 11) is 0. The number of halogens is 1. The minimum Gasteiger partial charge on any atom is -0.507 e. The van der Waals surface area contributed by atoms with Crippen LogP contribution in [0.4, 0.5) is 4.39 Å². The van der Waals surface area contributed by atoms with Gasteiger partial charge in [-0.05, 0) is 35.7 Å². The van der Waals surface area contributed by atoms with Crippen LogP contribution in [0.25, 0.3) is 0 Å². The first-order chi connectivity index (χ1) is 14.5. The highest BCUT2D eigenvalue weighted by Gasteiger charge is 2.19. The van der Waals surface area contributed by atoms with Gasteiger partial charge in [0, 0.05) is 38.3 Å². The summed E-state index contributed by atoms with van der Waals surface area (Å²) in [5, 5.41) is 14.2. The SMILES string of the molecule is CCCc1cccc(C=NNC(=O)CN2CCN(Cc3ccc(F)cc3)CC2)c1O. The summed E-state index contributed by atoms with van der Waals surface area (Å²) >= 11 is 0. The number of phenolic OH excluding ortho intramolecular Hbond substituents is 1. The number of aromatic hydroxyl groups is 1. The second kappa shape index (κ2) is 10.8. The number of carbonyl (C=O) groups is 1. The molecule has 2 aromatic carbocycles. The van der Waals surface area contributed by atoms with Gasteiger partial charge in [0.1, 0.15) is 11.6 Å². The molecule has 1 amide bonds. The predicted molar refractivity (Wildman–Crippen MR) is 116 cm³/mol. The van der Waals surface area contributed by atoms with Crippen LogP contribution in [0.3, 0.4) is 0 Å². The molecule has 160 valence electrons. The molecule has 7 heteroatoms. The van der Waals surface area contributed by atoms with E-state index in [1.165, 1.54) is 18.3 Å². The molecule has 2 aromatic rings. The first-order valence-electron chi connectivity index (χ1n) is 10.4. The number of hydrazone groups is 1. The van der Waals surface area contributed by atoms with Gasteiger partial charge in [-0.2, -0.15) is 5.10 Å². The quantitative estimate of drug-likeness (QED) is 0.517. The van der Waals surface area contributed by atoms with Gasteiger partial charge in [0.2, 0.25) is 0 Å². The molecule has 1 heterocycles. The standard InChI is InChI=1S/C23H29FN4O2/c1-2-4-19-5-3-6-20(23(19)30)15-25-26-22(29)17-28-13-11-27(12-14-28)16-18-7-9-21(24)10-8-18/h3,5-10,15,30H,2,4,11-14,16-17H2,1H3,(H,26,29). The molecule has 0 atom stereocenters. The van der Waals surface area contributed by atoms with E-state index in [1.807, 2.05) is 24.3 Å². The fourth-order valence-corrected chi connectivity index (χ4v) is 3.55. The van der Waals surface area contributed by atoms with Crippen LogP contribution in [-0.4, -0.2) is 59.8 Å². The van der Waals surface area contributed by atoms with E-state index in [0.29, 0.717) is 5.56 Å². The molecule has 6 nitrogen and oxygen atoms in total. The smallest absolute Gasteiger partial charge is 0.254 e. The van der Waals surface area contributed by atoms with Gasteiger partial charge in [0.25, 0.3) is 5.91 Å². The first-order valence-corrected chi connectivity index (χ1v) is 10.4. The Morgan fingerprint density at radius 2 is 1.83 bits per heavy atom. The second-order valence-electron chi connectivity index (χ2n) is 7.58. The van der Waals surface area contributed by atoms with Gasteiger partial charge >= 0.3 is 0 Å². The van der Waals surface area contributed by atoms with E-state index in [2.05, 4.69) is 27.3 Å². The van der Waals surface area contributed by atoms with E-state index in [4.69, 9.17) is 0 Å². The van der Waals surface area contributed by atoms with Crippen molar-refractivity contribution in [2.45, 2.75) is 26.3 Å². The maximum Gasteiger partial charge on any atom is 0.254 e. The lowest BCUT2D eigenvalue weighted by Crippen LogP contribution is -2.48. The van der Waals surface area contributed by atoms with Crippen molar-refractivity contribution in [1.29, 1.82) is 0 Å². The number of rotatable bonds is 8. The number of amides is 1. The summed E-state index contributed by atoms with van der Waals surface area (Å²) in [5.41, 5.74) is 5.10. The van der Waals surface area contributed by atoms with Gasteiger partial charge in [0.05, 0.1) is 12.8 Å². The van der Waals surface area contributed by atoms with Crippen LogP contribution in [-0.2, 0) is 17.8 Å². The molecule has 1 aliphatic rings. The molecule has 30 heavy (non-hydrogen) atoms. The van der Waals surface area contributed by atoms with Gasteiger partial charge in [-0.3, -0.25) is 14.6 Å². The molecule has 1 fully saturated rings. The van der Waals surface area contributed by atoms with Crippen LogP contribution in [0.1, 0.15) is 30.0 Å². The maximum atomic E-state index is 13.0. The molecule has 2 N–H and O–H groups in total. The normalized spacial score (nSPS) is 15.5. The monoisotopic (exact) mass is 412 g/mol. The molecular weight excluding hydrogens is 383 g/mol. The zero-order chi connectivity index (χ0) is 21.3. The Morgan fingerprint density at radius 3 is 2.53 bits per heavy atom. The number of para-hydroxylation sites is 1. The zero-order valence-electron chi connectivity index (χ0n) is 17.4. The number of piperazine rings is 1. The fourth-order valence-electron chi connectivity index (χ4n) is 3.55. The maximum absolute atomic E-state index is 13.0. The lowest BCUT2D eigenvalue weighted by atomic mass is 10.1. The van der Waals surface area contributed by atoms with E-state index in [0.717, 1.165) is 56.7 Å². The second-order valence-corrected chi connectivity index (χ2v) is 7.58. The van der Waals surface area contributed by atoms with Gasteiger partial charge in [-0.15, -0.1) is 0 Å². The summed E-state index contributed by atoms with van der Waals surface area (Å²) in [6.07, 6.45) is 3.22. The van der Waals surface area contributed by atoms with Crippen LogP contribution in [0.15, 0.2) is 47.6 Å². The van der Waals surface area contributed by atoms with Crippen molar-refractivity contribution in [3.63, 3.8) is 0 Å². The number of hydrogen-bond donors (Lipinski definition) is 2. The lowest BCUT2D eigenvalue weighted by Gasteiger charge is -2.34.